The number of Topliss-reactive ketones (excluding diaryl/α,β-unsaturated/α-hetero) is 2. The zero-order valence-corrected chi connectivity index (χ0v) is 15.8. The summed E-state index contributed by atoms with van der Waals surface area (Å²) in [4.78, 5) is 43.0. The minimum absolute atomic E-state index is 0. The molecule has 0 radical (unpaired) electrons. The fraction of sp³-hybridized carbons (Fsp3) is 0.391. The second kappa shape index (κ2) is 6.51. The maximum atomic E-state index is 12.9. The number of nitrogens with zero attached hydrogens (tertiary/aromatic N) is 1. The van der Waals surface area contributed by atoms with Gasteiger partial charge in [0.25, 0.3) is 0 Å². The van der Waals surface area contributed by atoms with E-state index in [4.69, 9.17) is 15.1 Å². The molecule has 0 aromatic heterocycles. The van der Waals surface area contributed by atoms with Gasteiger partial charge in [-0.3, -0.25) is 14.4 Å². The van der Waals surface area contributed by atoms with E-state index in [-0.39, 0.29) is 53.5 Å². The van der Waals surface area contributed by atoms with Crippen LogP contribution in [0, 0.1) is 25.7 Å². The van der Waals surface area contributed by atoms with Gasteiger partial charge in [-0.05, 0) is 51.2 Å². The third-order valence-electron chi connectivity index (χ3n) is 5.81. The maximum Gasteiger partial charge on any atom is 0.208 e. The molecule has 0 spiro atoms. The van der Waals surface area contributed by atoms with E-state index in [1.165, 1.54) is 0 Å². The molecular weight excluding hydrogens is 368 g/mol. The van der Waals surface area contributed by atoms with Gasteiger partial charge in [-0.2, -0.15) is 0 Å². The first-order valence-electron chi connectivity index (χ1n) is 9.63. The number of rotatable bonds is 4. The van der Waals surface area contributed by atoms with Crippen molar-refractivity contribution >= 4 is 28.4 Å². The molecule has 5 rings (SSSR count). The summed E-state index contributed by atoms with van der Waals surface area (Å²) in [6, 6.07) is 3.60. The van der Waals surface area contributed by atoms with Crippen LogP contribution in [0.3, 0.4) is 0 Å². The summed E-state index contributed by atoms with van der Waals surface area (Å²) in [5, 5.41) is 0. The lowest BCUT2D eigenvalue weighted by molar-refractivity contribution is 0.0961. The monoisotopic (exact) mass is 392 g/mol. The number of anilines is 1. The van der Waals surface area contributed by atoms with E-state index in [2.05, 4.69) is 0 Å². The molecule has 3 aliphatic carbocycles. The summed E-state index contributed by atoms with van der Waals surface area (Å²) >= 11 is 0. The van der Waals surface area contributed by atoms with E-state index in [0.29, 0.717) is 22.2 Å². The highest BCUT2D eigenvalue weighted by molar-refractivity contribution is 6.11. The number of aromatic nitrogens is 1. The summed E-state index contributed by atoms with van der Waals surface area (Å²) in [5.74, 6) is 0.0772. The van der Waals surface area contributed by atoms with Crippen LogP contribution in [0.5, 0.6) is 0 Å². The Morgan fingerprint density at radius 3 is 2.31 bits per heavy atom. The maximum absolute atomic E-state index is 12.9. The smallest absolute Gasteiger partial charge is 0.208 e. The number of hydrogen-bond acceptors (Lipinski definition) is 6. The molecule has 0 atom stereocenters. The van der Waals surface area contributed by atoms with E-state index in [1.54, 1.807) is 13.0 Å². The fourth-order valence-electron chi connectivity index (χ4n) is 3.76. The van der Waals surface area contributed by atoms with Gasteiger partial charge in [0, 0.05) is 23.0 Å². The van der Waals surface area contributed by atoms with E-state index < -0.39 is 5.43 Å². The average Bonchev–Trinajstić information content (AvgIpc) is 3.57. The van der Waals surface area contributed by atoms with Crippen LogP contribution in [-0.2, 0) is 0 Å². The van der Waals surface area contributed by atoms with Gasteiger partial charge >= 0.3 is 0 Å². The van der Waals surface area contributed by atoms with Crippen molar-refractivity contribution < 1.29 is 14.0 Å². The Morgan fingerprint density at radius 2 is 1.69 bits per heavy atom. The van der Waals surface area contributed by atoms with Crippen LogP contribution < -0.4 is 11.2 Å². The molecule has 0 unspecified atom stereocenters. The van der Waals surface area contributed by atoms with Crippen molar-refractivity contribution in [1.29, 1.82) is 0 Å². The first kappa shape index (κ1) is 19.3. The van der Waals surface area contributed by atoms with Gasteiger partial charge in [-0.15, -0.1) is 0 Å². The Bertz CT molecular complexity index is 1220. The number of benzene rings is 2. The largest absolute Gasteiger partial charge is 0.452 e. The molecule has 4 aliphatic rings. The van der Waals surface area contributed by atoms with Crippen molar-refractivity contribution in [2.24, 2.45) is 11.8 Å². The summed E-state index contributed by atoms with van der Waals surface area (Å²) in [6.07, 6.45) is 3.35. The van der Waals surface area contributed by atoms with Gasteiger partial charge in [-0.1, -0.05) is 13.5 Å². The van der Waals surface area contributed by atoms with Gasteiger partial charge in [0.1, 0.15) is 11.2 Å². The molecule has 150 valence electrons. The van der Waals surface area contributed by atoms with Crippen LogP contribution in [0.1, 0.15) is 65.0 Å². The third kappa shape index (κ3) is 2.85. The lowest BCUT2D eigenvalue weighted by Gasteiger charge is -2.16. The van der Waals surface area contributed by atoms with E-state index >= 15 is 0 Å². The van der Waals surface area contributed by atoms with Gasteiger partial charge < -0.3 is 10.2 Å². The van der Waals surface area contributed by atoms with E-state index in [9.17, 15) is 14.4 Å². The highest BCUT2D eigenvalue weighted by Gasteiger charge is 2.37. The van der Waals surface area contributed by atoms with E-state index in [1.807, 2.05) is 13.0 Å². The molecule has 1 heterocycles. The predicted molar refractivity (Wildman–Crippen MR) is 112 cm³/mol. The second-order valence-corrected chi connectivity index (χ2v) is 8.02. The highest BCUT2D eigenvalue weighted by Crippen LogP contribution is 2.41. The van der Waals surface area contributed by atoms with Crippen molar-refractivity contribution in [2.75, 3.05) is 5.73 Å². The lowest BCUT2D eigenvalue weighted by Crippen LogP contribution is -2.21. The normalized spacial score (nSPS) is 16.1. The molecule has 2 N–H and O–H groups in total. The number of ketones is 2. The van der Waals surface area contributed by atoms with Crippen LogP contribution in [0.25, 0.3) is 22.6 Å². The van der Waals surface area contributed by atoms with Crippen molar-refractivity contribution in [3.05, 3.63) is 44.6 Å². The summed E-state index contributed by atoms with van der Waals surface area (Å²) < 4.78 is 6.10. The first-order chi connectivity index (χ1) is 13.4. The number of fused-ring (bicyclic) bond motifs is 2. The van der Waals surface area contributed by atoms with Crippen LogP contribution in [-0.4, -0.2) is 16.6 Å². The molecular formula is C23H24N2O4. The van der Waals surface area contributed by atoms with Gasteiger partial charge in [-0.25, -0.2) is 4.98 Å². The molecule has 0 bridgehead atoms. The SMILES string of the molecule is C.Cc1c2oc3c(C)ccc(C(=O)C4CC4)c3nc-2c(C(=O)C2CC2)c(N)c1=O. The first-order valence-corrected chi connectivity index (χ1v) is 9.63. The summed E-state index contributed by atoms with van der Waals surface area (Å²) in [6.45, 7) is 3.49. The van der Waals surface area contributed by atoms with Crippen LogP contribution in [0.4, 0.5) is 5.69 Å². The molecule has 1 aromatic rings. The van der Waals surface area contributed by atoms with Crippen molar-refractivity contribution in [3.8, 4) is 11.5 Å². The molecule has 29 heavy (non-hydrogen) atoms. The summed E-state index contributed by atoms with van der Waals surface area (Å²) in [7, 11) is 0. The minimum Gasteiger partial charge on any atom is -0.452 e. The van der Waals surface area contributed by atoms with Gasteiger partial charge in [0.05, 0.1) is 11.3 Å². The Kier molecular flexibility index (Phi) is 4.33. The average molecular weight is 392 g/mol. The lowest BCUT2D eigenvalue weighted by atomic mass is 9.95. The molecule has 2 fully saturated rings. The Labute approximate surface area is 168 Å². The molecule has 0 saturated heterocycles. The third-order valence-corrected chi connectivity index (χ3v) is 5.81. The van der Waals surface area contributed by atoms with E-state index in [0.717, 1.165) is 31.2 Å². The van der Waals surface area contributed by atoms with Gasteiger partial charge in [0.2, 0.25) is 5.43 Å². The Morgan fingerprint density at radius 1 is 1.07 bits per heavy atom. The summed E-state index contributed by atoms with van der Waals surface area (Å²) in [5.41, 5.74) is 8.57. The van der Waals surface area contributed by atoms with Crippen LogP contribution >= 0.6 is 0 Å². The second-order valence-electron chi connectivity index (χ2n) is 8.02. The number of nitrogens with two attached hydrogens (primary N) is 1. The number of nitrogen functional groups attached to an aromatic ring is 1. The van der Waals surface area contributed by atoms with Crippen molar-refractivity contribution in [1.82, 2.24) is 4.98 Å². The topological polar surface area (TPSA) is 103 Å². The van der Waals surface area contributed by atoms with Crippen LogP contribution in [0.15, 0.2) is 21.3 Å². The fourth-order valence-corrected chi connectivity index (χ4v) is 3.76. The molecule has 0 amide bonds. The number of aryl methyl sites for hydroxylation is 1. The number of hydrogen-bond donors (Lipinski definition) is 1. The molecule has 6 nitrogen and oxygen atoms in total. The molecule has 1 aromatic carbocycles. The standard InChI is InChI=1S/C22H20N2O4.CH4/c1-9-3-8-13(19(26)11-4-5-11)16-21(9)28-22-10(2)18(25)15(23)14(17(22)24-16)20(27)12-6-7-12;/h3,8,11-12H,4-7,23H2,1-2H3;1H4. The molecule has 1 aliphatic heterocycles. The minimum atomic E-state index is -0.399. The number of carbonyl (C=O) groups is 2. The molecule has 2 saturated carbocycles. The zero-order chi connectivity index (χ0) is 19.7. The zero-order valence-electron chi connectivity index (χ0n) is 15.8. The molecule has 6 heteroatoms. The van der Waals surface area contributed by atoms with Crippen molar-refractivity contribution in [2.45, 2.75) is 47.0 Å². The van der Waals surface area contributed by atoms with Gasteiger partial charge in [0.15, 0.2) is 22.9 Å². The number of carbonyl (C=O) groups excluding carboxylic acids is 2. The highest BCUT2D eigenvalue weighted by atomic mass is 16.3. The Hall–Kier alpha value is -3.02. The van der Waals surface area contributed by atoms with Crippen LogP contribution in [0.2, 0.25) is 0 Å². The Balaban J connectivity index is 0.00000205. The van der Waals surface area contributed by atoms with Crippen molar-refractivity contribution in [3.63, 3.8) is 0 Å². The quantitative estimate of drug-likeness (QED) is 0.403. The predicted octanol–water partition coefficient (Wildman–Crippen LogP) is 4.31.